The summed E-state index contributed by atoms with van der Waals surface area (Å²) in [5.41, 5.74) is 1.51. The zero-order chi connectivity index (χ0) is 15.9. The fraction of sp³-hybridized carbons (Fsp3) is 0.167. The minimum atomic E-state index is -0.421. The van der Waals surface area contributed by atoms with E-state index in [9.17, 15) is 9.59 Å². The summed E-state index contributed by atoms with van der Waals surface area (Å²) >= 11 is 0. The van der Waals surface area contributed by atoms with Crippen LogP contribution < -0.4 is 5.32 Å². The molecule has 0 unspecified atom stereocenters. The lowest BCUT2D eigenvalue weighted by Crippen LogP contribution is -2.23. The van der Waals surface area contributed by atoms with Gasteiger partial charge in [-0.25, -0.2) is 0 Å². The quantitative estimate of drug-likeness (QED) is 0.523. The maximum absolute atomic E-state index is 12.4. The van der Waals surface area contributed by atoms with Gasteiger partial charge in [0, 0.05) is 12.1 Å². The molecular formula is C18H18N2O2. The number of carbonyl (C=O) groups excluding carboxylic acids is 2. The third-order valence-corrected chi connectivity index (χ3v) is 3.06. The average Bonchev–Trinajstić information content (AvgIpc) is 2.53. The Kier molecular flexibility index (Phi) is 5.20. The maximum Gasteiger partial charge on any atom is 0.259 e. The summed E-state index contributed by atoms with van der Waals surface area (Å²) in [6, 6.07) is 12.8. The molecule has 0 radical (unpaired) electrons. The van der Waals surface area contributed by atoms with E-state index in [1.165, 1.54) is 6.20 Å². The zero-order valence-corrected chi connectivity index (χ0v) is 12.6. The highest BCUT2D eigenvalue weighted by Crippen LogP contribution is 2.15. The molecule has 112 valence electrons. The van der Waals surface area contributed by atoms with Gasteiger partial charge in [-0.05, 0) is 23.8 Å². The van der Waals surface area contributed by atoms with Gasteiger partial charge in [-0.3, -0.25) is 14.6 Å². The molecule has 0 atom stereocenters. The number of carbonyl (C=O) groups is 2. The van der Waals surface area contributed by atoms with Crippen LogP contribution in [0.2, 0.25) is 0 Å². The normalized spacial score (nSPS) is 11.3. The summed E-state index contributed by atoms with van der Waals surface area (Å²) in [5, 5.41) is 2.71. The summed E-state index contributed by atoms with van der Waals surface area (Å²) in [7, 11) is 0. The zero-order valence-electron chi connectivity index (χ0n) is 12.6. The molecule has 0 aliphatic rings. The van der Waals surface area contributed by atoms with Crippen molar-refractivity contribution in [3.05, 3.63) is 66.0 Å². The Balaban J connectivity index is 2.30. The predicted octanol–water partition coefficient (Wildman–Crippen LogP) is 3.33. The molecule has 4 nitrogen and oxygen atoms in total. The Morgan fingerprint density at radius 3 is 2.41 bits per heavy atom. The molecule has 0 saturated carbocycles. The van der Waals surface area contributed by atoms with Crippen LogP contribution in [0.5, 0.6) is 0 Å². The van der Waals surface area contributed by atoms with E-state index >= 15 is 0 Å². The van der Waals surface area contributed by atoms with E-state index in [-0.39, 0.29) is 17.3 Å². The number of hydrogen-bond acceptors (Lipinski definition) is 3. The first kappa shape index (κ1) is 15.6. The van der Waals surface area contributed by atoms with Crippen molar-refractivity contribution in [3.63, 3.8) is 0 Å². The van der Waals surface area contributed by atoms with Gasteiger partial charge in [-0.1, -0.05) is 44.2 Å². The monoisotopic (exact) mass is 294 g/mol. The predicted molar refractivity (Wildman–Crippen MR) is 87.1 cm³/mol. The lowest BCUT2D eigenvalue weighted by molar-refractivity contribution is -0.121. The van der Waals surface area contributed by atoms with Crippen LogP contribution in [0.3, 0.4) is 0 Å². The first-order valence-corrected chi connectivity index (χ1v) is 7.10. The number of benzene rings is 1. The number of rotatable bonds is 5. The van der Waals surface area contributed by atoms with Crippen LogP contribution in [0, 0.1) is 5.92 Å². The van der Waals surface area contributed by atoms with Crippen LogP contribution in [0.1, 0.15) is 19.4 Å². The van der Waals surface area contributed by atoms with Crippen molar-refractivity contribution >= 4 is 23.5 Å². The molecule has 0 saturated heterocycles. The summed E-state index contributed by atoms with van der Waals surface area (Å²) in [4.78, 5) is 28.7. The van der Waals surface area contributed by atoms with Crippen LogP contribution in [0.25, 0.3) is 6.08 Å². The van der Waals surface area contributed by atoms with Crippen LogP contribution >= 0.6 is 0 Å². The molecule has 0 bridgehead atoms. The molecule has 2 aromatic rings. The summed E-state index contributed by atoms with van der Waals surface area (Å²) in [5.74, 6) is -0.865. The van der Waals surface area contributed by atoms with E-state index in [0.717, 1.165) is 5.56 Å². The van der Waals surface area contributed by atoms with Gasteiger partial charge in [-0.15, -0.1) is 0 Å². The lowest BCUT2D eigenvalue weighted by Gasteiger charge is -2.10. The van der Waals surface area contributed by atoms with E-state index in [1.54, 1.807) is 38.3 Å². The molecule has 1 aromatic carbocycles. The minimum absolute atomic E-state index is 0.144. The number of pyridine rings is 1. The second kappa shape index (κ2) is 7.31. The van der Waals surface area contributed by atoms with Gasteiger partial charge >= 0.3 is 0 Å². The summed E-state index contributed by atoms with van der Waals surface area (Å²) in [6.07, 6.45) is 4.78. The van der Waals surface area contributed by atoms with Gasteiger partial charge in [0.05, 0.1) is 17.5 Å². The van der Waals surface area contributed by atoms with E-state index in [2.05, 4.69) is 10.3 Å². The number of Topliss-reactive ketones (excluding diaryl/α,β-unsaturated/α-hetero) is 1. The fourth-order valence-electron chi connectivity index (χ4n) is 1.91. The topological polar surface area (TPSA) is 59.1 Å². The molecule has 1 aromatic heterocycles. The molecule has 0 aliphatic heterocycles. The van der Waals surface area contributed by atoms with E-state index in [4.69, 9.17) is 0 Å². The highest BCUT2D eigenvalue weighted by Gasteiger charge is 2.21. The lowest BCUT2D eigenvalue weighted by atomic mass is 9.98. The fourth-order valence-corrected chi connectivity index (χ4v) is 1.91. The number of aromatic nitrogens is 1. The summed E-state index contributed by atoms with van der Waals surface area (Å²) in [6.45, 7) is 3.55. The standard InChI is InChI=1S/C18H18N2O2/c1-13(2)17(21)16(11-14-7-4-3-5-8-14)18(22)20-15-9-6-10-19-12-15/h3-13H,1-2H3,(H,20,22)/b16-11-. The molecule has 4 heteroatoms. The minimum Gasteiger partial charge on any atom is -0.320 e. The molecule has 1 amide bonds. The Morgan fingerprint density at radius 1 is 1.09 bits per heavy atom. The van der Waals surface area contributed by atoms with Gasteiger partial charge < -0.3 is 5.32 Å². The Labute approximate surface area is 129 Å². The molecule has 22 heavy (non-hydrogen) atoms. The van der Waals surface area contributed by atoms with Crippen LogP contribution in [-0.2, 0) is 9.59 Å². The highest BCUT2D eigenvalue weighted by molar-refractivity contribution is 6.26. The molecule has 1 heterocycles. The largest absolute Gasteiger partial charge is 0.320 e. The molecule has 0 aliphatic carbocycles. The van der Waals surface area contributed by atoms with Crippen molar-refractivity contribution in [2.24, 2.45) is 5.92 Å². The van der Waals surface area contributed by atoms with Crippen molar-refractivity contribution in [2.75, 3.05) is 5.32 Å². The number of nitrogens with one attached hydrogen (secondary N) is 1. The number of ketones is 1. The first-order chi connectivity index (χ1) is 10.6. The van der Waals surface area contributed by atoms with Gasteiger partial charge in [-0.2, -0.15) is 0 Å². The van der Waals surface area contributed by atoms with E-state index in [1.807, 2.05) is 30.3 Å². The first-order valence-electron chi connectivity index (χ1n) is 7.10. The van der Waals surface area contributed by atoms with Crippen molar-refractivity contribution in [3.8, 4) is 0 Å². The average molecular weight is 294 g/mol. The number of nitrogens with zero attached hydrogens (tertiary/aromatic N) is 1. The third-order valence-electron chi connectivity index (χ3n) is 3.06. The second-order valence-electron chi connectivity index (χ2n) is 5.18. The van der Waals surface area contributed by atoms with Crippen molar-refractivity contribution < 1.29 is 9.59 Å². The van der Waals surface area contributed by atoms with Crippen molar-refractivity contribution in [2.45, 2.75) is 13.8 Å². The number of anilines is 1. The molecule has 1 N–H and O–H groups in total. The Morgan fingerprint density at radius 2 is 1.82 bits per heavy atom. The van der Waals surface area contributed by atoms with E-state index < -0.39 is 5.91 Å². The van der Waals surface area contributed by atoms with Gasteiger partial charge in [0.2, 0.25) is 0 Å². The second-order valence-corrected chi connectivity index (χ2v) is 5.18. The summed E-state index contributed by atoms with van der Waals surface area (Å²) < 4.78 is 0. The maximum atomic E-state index is 12.4. The van der Waals surface area contributed by atoms with Crippen LogP contribution in [0.4, 0.5) is 5.69 Å². The molecule has 0 fully saturated rings. The van der Waals surface area contributed by atoms with Gasteiger partial charge in [0.1, 0.15) is 0 Å². The molecule has 0 spiro atoms. The third kappa shape index (κ3) is 4.12. The Bertz CT molecular complexity index is 677. The van der Waals surface area contributed by atoms with Crippen LogP contribution in [0.15, 0.2) is 60.4 Å². The smallest absolute Gasteiger partial charge is 0.259 e. The number of amides is 1. The van der Waals surface area contributed by atoms with Gasteiger partial charge in [0.15, 0.2) is 5.78 Å². The van der Waals surface area contributed by atoms with Crippen molar-refractivity contribution in [1.29, 1.82) is 0 Å². The molecular weight excluding hydrogens is 276 g/mol. The SMILES string of the molecule is CC(C)C(=O)/C(=C/c1ccccc1)C(=O)Nc1cccnc1. The van der Waals surface area contributed by atoms with Gasteiger partial charge in [0.25, 0.3) is 5.91 Å². The van der Waals surface area contributed by atoms with E-state index in [0.29, 0.717) is 5.69 Å². The molecule has 2 rings (SSSR count). The van der Waals surface area contributed by atoms with Crippen LogP contribution in [-0.4, -0.2) is 16.7 Å². The number of hydrogen-bond donors (Lipinski definition) is 1. The Hall–Kier alpha value is -2.75. The van der Waals surface area contributed by atoms with Crippen molar-refractivity contribution in [1.82, 2.24) is 4.98 Å². The highest BCUT2D eigenvalue weighted by atomic mass is 16.2.